The molecule has 6 heteroatoms. The maximum absolute atomic E-state index is 12.9. The molecule has 2 aromatic rings. The first kappa shape index (κ1) is 17.1. The lowest BCUT2D eigenvalue weighted by Crippen LogP contribution is -2.12. The normalized spacial score (nSPS) is 11.8. The molecule has 3 nitrogen and oxygen atoms in total. The van der Waals surface area contributed by atoms with Crippen LogP contribution in [0.15, 0.2) is 36.4 Å². The van der Waals surface area contributed by atoms with E-state index < -0.39 is 11.7 Å². The first-order chi connectivity index (χ1) is 10.7. The highest BCUT2D eigenvalue weighted by Crippen LogP contribution is 2.41. The highest BCUT2D eigenvalue weighted by molar-refractivity contribution is 5.77. The molecule has 0 bridgehead atoms. The summed E-state index contributed by atoms with van der Waals surface area (Å²) in [5.41, 5.74) is 0.609. The molecule has 0 spiro atoms. The van der Waals surface area contributed by atoms with Crippen molar-refractivity contribution in [2.45, 2.75) is 12.7 Å². The molecule has 2 aromatic carbocycles. The molecule has 0 saturated heterocycles. The molecule has 0 atom stereocenters. The first-order valence-electron chi connectivity index (χ1n) is 6.95. The molecule has 0 unspecified atom stereocenters. The molecule has 2 rings (SSSR count). The monoisotopic (exact) mass is 325 g/mol. The Kier molecular flexibility index (Phi) is 4.85. The van der Waals surface area contributed by atoms with Gasteiger partial charge in [-0.15, -0.1) is 0 Å². The van der Waals surface area contributed by atoms with Crippen LogP contribution in [0.2, 0.25) is 0 Å². The smallest absolute Gasteiger partial charge is 0.416 e. The van der Waals surface area contributed by atoms with Crippen molar-refractivity contribution >= 4 is 0 Å². The van der Waals surface area contributed by atoms with Gasteiger partial charge in [0.2, 0.25) is 0 Å². The SMILES string of the molecule is COc1ccc(CN(C)C)c(-c2cccc(C(F)(F)F)c2)c1O. The van der Waals surface area contributed by atoms with E-state index in [1.807, 2.05) is 19.0 Å². The fourth-order valence-corrected chi connectivity index (χ4v) is 2.42. The summed E-state index contributed by atoms with van der Waals surface area (Å²) in [6, 6.07) is 8.26. The maximum atomic E-state index is 12.9. The van der Waals surface area contributed by atoms with Gasteiger partial charge in [-0.1, -0.05) is 18.2 Å². The molecule has 0 saturated carbocycles. The number of hydrogen-bond acceptors (Lipinski definition) is 3. The Morgan fingerprint density at radius 2 is 1.83 bits per heavy atom. The van der Waals surface area contributed by atoms with E-state index in [-0.39, 0.29) is 11.5 Å². The fourth-order valence-electron chi connectivity index (χ4n) is 2.42. The number of benzene rings is 2. The average Bonchev–Trinajstić information content (AvgIpc) is 2.46. The van der Waals surface area contributed by atoms with Crippen LogP contribution >= 0.6 is 0 Å². The molecular weight excluding hydrogens is 307 g/mol. The summed E-state index contributed by atoms with van der Waals surface area (Å²) in [5.74, 6) is 0.0612. The molecule has 1 N–H and O–H groups in total. The largest absolute Gasteiger partial charge is 0.504 e. The van der Waals surface area contributed by atoms with Gasteiger partial charge in [-0.25, -0.2) is 0 Å². The topological polar surface area (TPSA) is 32.7 Å². The third-order valence-corrected chi connectivity index (χ3v) is 3.41. The third kappa shape index (κ3) is 3.76. The third-order valence-electron chi connectivity index (χ3n) is 3.41. The summed E-state index contributed by atoms with van der Waals surface area (Å²) < 4.78 is 43.9. The Morgan fingerprint density at radius 1 is 1.13 bits per heavy atom. The lowest BCUT2D eigenvalue weighted by molar-refractivity contribution is -0.137. The summed E-state index contributed by atoms with van der Waals surface area (Å²) in [6.07, 6.45) is -4.44. The molecule has 23 heavy (non-hydrogen) atoms. The summed E-state index contributed by atoms with van der Waals surface area (Å²) in [4.78, 5) is 1.87. The van der Waals surface area contributed by atoms with Crippen LogP contribution in [0.1, 0.15) is 11.1 Å². The molecule has 0 aliphatic heterocycles. The average molecular weight is 325 g/mol. The summed E-state index contributed by atoms with van der Waals surface area (Å²) in [6.45, 7) is 0.475. The van der Waals surface area contributed by atoms with Crippen LogP contribution in [0.4, 0.5) is 13.2 Å². The number of rotatable bonds is 4. The maximum Gasteiger partial charge on any atom is 0.416 e. The Labute approximate surface area is 132 Å². The van der Waals surface area contributed by atoms with Crippen LogP contribution in [0, 0.1) is 0 Å². The number of ether oxygens (including phenoxy) is 1. The zero-order valence-electron chi connectivity index (χ0n) is 13.1. The van der Waals surface area contributed by atoms with Gasteiger partial charge in [-0.3, -0.25) is 0 Å². The lowest BCUT2D eigenvalue weighted by atomic mass is 9.96. The van der Waals surface area contributed by atoms with E-state index in [2.05, 4.69) is 0 Å². The zero-order valence-corrected chi connectivity index (χ0v) is 13.1. The lowest BCUT2D eigenvalue weighted by Gasteiger charge is -2.18. The Hall–Kier alpha value is -2.21. The number of halogens is 3. The second kappa shape index (κ2) is 6.50. The van der Waals surface area contributed by atoms with Crippen molar-refractivity contribution in [3.8, 4) is 22.6 Å². The standard InChI is InChI=1S/C17H18F3NO2/c1-21(2)10-12-7-8-14(23-3)16(22)15(12)11-5-4-6-13(9-11)17(18,19)20/h4-9,22H,10H2,1-3H3. The molecule has 0 aliphatic rings. The number of phenols is 1. The number of methoxy groups -OCH3 is 1. The van der Waals surface area contributed by atoms with Gasteiger partial charge >= 0.3 is 6.18 Å². The van der Waals surface area contributed by atoms with E-state index >= 15 is 0 Å². The van der Waals surface area contributed by atoms with E-state index in [0.29, 0.717) is 23.2 Å². The van der Waals surface area contributed by atoms with Crippen molar-refractivity contribution in [1.82, 2.24) is 4.90 Å². The summed E-state index contributed by atoms with van der Waals surface area (Å²) in [7, 11) is 5.09. The number of alkyl halides is 3. The number of nitrogens with zero attached hydrogens (tertiary/aromatic N) is 1. The Bertz CT molecular complexity index is 697. The van der Waals surface area contributed by atoms with Gasteiger partial charge in [0.05, 0.1) is 12.7 Å². The van der Waals surface area contributed by atoms with E-state index in [1.54, 1.807) is 18.2 Å². The molecule has 0 heterocycles. The quantitative estimate of drug-likeness (QED) is 0.917. The molecule has 0 fully saturated rings. The molecule has 0 aliphatic carbocycles. The van der Waals surface area contributed by atoms with Gasteiger partial charge in [0.15, 0.2) is 11.5 Å². The van der Waals surface area contributed by atoms with Crippen LogP contribution in [0.25, 0.3) is 11.1 Å². The second-order valence-corrected chi connectivity index (χ2v) is 5.47. The Balaban J connectivity index is 2.65. The van der Waals surface area contributed by atoms with Crippen molar-refractivity contribution in [1.29, 1.82) is 0 Å². The van der Waals surface area contributed by atoms with Crippen LogP contribution in [-0.2, 0) is 12.7 Å². The van der Waals surface area contributed by atoms with Gasteiger partial charge in [0.25, 0.3) is 0 Å². The predicted octanol–water partition coefficient (Wildman–Crippen LogP) is 4.15. The van der Waals surface area contributed by atoms with Gasteiger partial charge in [-0.2, -0.15) is 13.2 Å². The van der Waals surface area contributed by atoms with Crippen molar-refractivity contribution in [3.05, 3.63) is 47.5 Å². The van der Waals surface area contributed by atoms with Crippen molar-refractivity contribution in [2.24, 2.45) is 0 Å². The highest BCUT2D eigenvalue weighted by Gasteiger charge is 2.31. The molecule has 124 valence electrons. The van der Waals surface area contributed by atoms with Crippen LogP contribution < -0.4 is 4.74 Å². The second-order valence-electron chi connectivity index (χ2n) is 5.47. The minimum atomic E-state index is -4.44. The minimum Gasteiger partial charge on any atom is -0.504 e. The number of phenolic OH excluding ortho intramolecular Hbond substituents is 1. The fraction of sp³-hybridized carbons (Fsp3) is 0.294. The van der Waals surface area contributed by atoms with Gasteiger partial charge in [0.1, 0.15) is 0 Å². The van der Waals surface area contributed by atoms with E-state index in [0.717, 1.165) is 12.1 Å². The highest BCUT2D eigenvalue weighted by atomic mass is 19.4. The van der Waals surface area contributed by atoms with Gasteiger partial charge in [-0.05, 0) is 43.4 Å². The van der Waals surface area contributed by atoms with Crippen molar-refractivity contribution in [2.75, 3.05) is 21.2 Å². The molecule has 0 amide bonds. The van der Waals surface area contributed by atoms with E-state index in [1.165, 1.54) is 13.2 Å². The van der Waals surface area contributed by atoms with Crippen LogP contribution in [-0.4, -0.2) is 31.2 Å². The number of aromatic hydroxyl groups is 1. The summed E-state index contributed by atoms with van der Waals surface area (Å²) >= 11 is 0. The zero-order chi connectivity index (χ0) is 17.2. The van der Waals surface area contributed by atoms with Gasteiger partial charge < -0.3 is 14.7 Å². The summed E-state index contributed by atoms with van der Waals surface area (Å²) in [5, 5.41) is 10.4. The van der Waals surface area contributed by atoms with Gasteiger partial charge in [0, 0.05) is 12.1 Å². The Morgan fingerprint density at radius 3 is 2.39 bits per heavy atom. The van der Waals surface area contributed by atoms with E-state index in [4.69, 9.17) is 4.74 Å². The van der Waals surface area contributed by atoms with Crippen molar-refractivity contribution in [3.63, 3.8) is 0 Å². The molecular formula is C17H18F3NO2. The van der Waals surface area contributed by atoms with Crippen LogP contribution in [0.3, 0.4) is 0 Å². The minimum absolute atomic E-state index is 0.161. The van der Waals surface area contributed by atoms with E-state index in [9.17, 15) is 18.3 Å². The van der Waals surface area contributed by atoms with Crippen LogP contribution in [0.5, 0.6) is 11.5 Å². The predicted molar refractivity (Wildman–Crippen MR) is 82.5 cm³/mol. The molecule has 0 aromatic heterocycles. The number of hydrogen-bond donors (Lipinski definition) is 1. The van der Waals surface area contributed by atoms with Crippen molar-refractivity contribution < 1.29 is 23.0 Å². The first-order valence-corrected chi connectivity index (χ1v) is 6.95. The molecule has 0 radical (unpaired) electrons.